The fraction of sp³-hybridized carbons (Fsp3) is 0.500. The van der Waals surface area contributed by atoms with Crippen molar-refractivity contribution in [3.8, 4) is 0 Å². The molecule has 0 aliphatic carbocycles. The molecule has 1 aliphatic rings. The Morgan fingerprint density at radius 3 is 3.00 bits per heavy atom. The number of pyridine rings is 1. The van der Waals surface area contributed by atoms with E-state index in [2.05, 4.69) is 10.3 Å². The summed E-state index contributed by atoms with van der Waals surface area (Å²) in [6, 6.07) is 3.42. The van der Waals surface area contributed by atoms with E-state index in [-0.39, 0.29) is 5.91 Å². The average molecular weight is 251 g/mol. The summed E-state index contributed by atoms with van der Waals surface area (Å²) in [5.41, 5.74) is 6.47. The van der Waals surface area contributed by atoms with Gasteiger partial charge in [0.05, 0.1) is 5.69 Å². The molecular formula is C12H17N3OS. The summed E-state index contributed by atoms with van der Waals surface area (Å²) < 4.78 is 0. The first kappa shape index (κ1) is 12.2. The number of aromatic nitrogens is 1. The van der Waals surface area contributed by atoms with Gasteiger partial charge in [0.1, 0.15) is 0 Å². The molecule has 17 heavy (non-hydrogen) atoms. The van der Waals surface area contributed by atoms with Gasteiger partial charge in [0.15, 0.2) is 5.69 Å². The van der Waals surface area contributed by atoms with Crippen molar-refractivity contribution in [2.45, 2.75) is 12.8 Å². The Bertz CT molecular complexity index is 391. The largest absolute Gasteiger partial charge is 0.397 e. The van der Waals surface area contributed by atoms with Crippen LogP contribution in [0.1, 0.15) is 23.3 Å². The Kier molecular flexibility index (Phi) is 4.25. The van der Waals surface area contributed by atoms with Crippen molar-refractivity contribution in [1.29, 1.82) is 0 Å². The van der Waals surface area contributed by atoms with Crippen LogP contribution in [-0.2, 0) is 0 Å². The highest BCUT2D eigenvalue weighted by Gasteiger charge is 2.16. The van der Waals surface area contributed by atoms with Crippen molar-refractivity contribution in [3.63, 3.8) is 0 Å². The molecule has 1 amide bonds. The number of nitrogens with zero attached hydrogens (tertiary/aromatic N) is 1. The maximum atomic E-state index is 11.8. The molecule has 1 aromatic rings. The summed E-state index contributed by atoms with van der Waals surface area (Å²) >= 11 is 1.99. The molecule has 3 N–H and O–H groups in total. The van der Waals surface area contributed by atoms with Gasteiger partial charge in [-0.1, -0.05) is 0 Å². The first-order valence-electron chi connectivity index (χ1n) is 5.84. The number of nitrogen functional groups attached to an aromatic ring is 1. The van der Waals surface area contributed by atoms with E-state index in [4.69, 9.17) is 5.73 Å². The number of hydrogen-bond donors (Lipinski definition) is 2. The van der Waals surface area contributed by atoms with Crippen LogP contribution in [0.25, 0.3) is 0 Å². The van der Waals surface area contributed by atoms with E-state index in [1.807, 2.05) is 11.8 Å². The number of carbonyl (C=O) groups excluding carboxylic acids is 1. The molecule has 0 aromatic carbocycles. The number of anilines is 1. The second-order valence-corrected chi connectivity index (χ2v) is 5.43. The van der Waals surface area contributed by atoms with Gasteiger partial charge in [-0.05, 0) is 42.4 Å². The zero-order chi connectivity index (χ0) is 12.1. The molecule has 0 saturated carbocycles. The lowest BCUT2D eigenvalue weighted by atomic mass is 10.0. The fourth-order valence-electron chi connectivity index (χ4n) is 1.88. The Labute approximate surface area is 105 Å². The molecule has 0 unspecified atom stereocenters. The lowest BCUT2D eigenvalue weighted by molar-refractivity contribution is 0.0942. The molecule has 0 bridgehead atoms. The third-order valence-electron chi connectivity index (χ3n) is 2.95. The van der Waals surface area contributed by atoms with E-state index >= 15 is 0 Å². The topological polar surface area (TPSA) is 68.0 Å². The number of amides is 1. The van der Waals surface area contributed by atoms with Crippen molar-refractivity contribution in [2.75, 3.05) is 23.8 Å². The van der Waals surface area contributed by atoms with Crippen LogP contribution in [0.5, 0.6) is 0 Å². The van der Waals surface area contributed by atoms with Crippen LogP contribution in [0.15, 0.2) is 18.3 Å². The third kappa shape index (κ3) is 3.36. The number of carbonyl (C=O) groups is 1. The van der Waals surface area contributed by atoms with Gasteiger partial charge < -0.3 is 11.1 Å². The Hall–Kier alpha value is -1.23. The van der Waals surface area contributed by atoms with Crippen LogP contribution in [-0.4, -0.2) is 28.9 Å². The highest BCUT2D eigenvalue weighted by molar-refractivity contribution is 7.99. The van der Waals surface area contributed by atoms with E-state index in [1.54, 1.807) is 18.3 Å². The SMILES string of the molecule is Nc1cccnc1C(=O)NCC1CCSCC1. The zero-order valence-corrected chi connectivity index (χ0v) is 10.5. The second kappa shape index (κ2) is 5.91. The van der Waals surface area contributed by atoms with Gasteiger partial charge in [-0.15, -0.1) is 0 Å². The minimum Gasteiger partial charge on any atom is -0.397 e. The summed E-state index contributed by atoms with van der Waals surface area (Å²) in [7, 11) is 0. The second-order valence-electron chi connectivity index (χ2n) is 4.21. The van der Waals surface area contributed by atoms with E-state index in [0.29, 0.717) is 17.3 Å². The van der Waals surface area contributed by atoms with Crippen LogP contribution in [0.4, 0.5) is 5.69 Å². The molecule has 1 fully saturated rings. The van der Waals surface area contributed by atoms with Crippen molar-refractivity contribution in [1.82, 2.24) is 10.3 Å². The summed E-state index contributed by atoms with van der Waals surface area (Å²) in [5.74, 6) is 2.84. The number of nitrogens with two attached hydrogens (primary N) is 1. The highest BCUT2D eigenvalue weighted by atomic mass is 32.2. The van der Waals surface area contributed by atoms with Crippen LogP contribution >= 0.6 is 11.8 Å². The molecule has 1 saturated heterocycles. The molecule has 0 spiro atoms. The molecular weight excluding hydrogens is 234 g/mol. The van der Waals surface area contributed by atoms with E-state index < -0.39 is 0 Å². The molecule has 2 heterocycles. The number of hydrogen-bond acceptors (Lipinski definition) is 4. The zero-order valence-electron chi connectivity index (χ0n) is 9.69. The predicted molar refractivity (Wildman–Crippen MR) is 71.0 cm³/mol. The van der Waals surface area contributed by atoms with Gasteiger partial charge in [-0.3, -0.25) is 4.79 Å². The van der Waals surface area contributed by atoms with Gasteiger partial charge >= 0.3 is 0 Å². The Balaban J connectivity index is 1.87. The molecule has 1 aliphatic heterocycles. The Morgan fingerprint density at radius 1 is 1.53 bits per heavy atom. The highest BCUT2D eigenvalue weighted by Crippen LogP contribution is 2.22. The predicted octanol–water partition coefficient (Wildman–Crippen LogP) is 1.54. The molecule has 2 rings (SSSR count). The monoisotopic (exact) mass is 251 g/mol. The Morgan fingerprint density at radius 2 is 2.29 bits per heavy atom. The van der Waals surface area contributed by atoms with Crippen LogP contribution in [0, 0.1) is 5.92 Å². The van der Waals surface area contributed by atoms with E-state index in [9.17, 15) is 4.79 Å². The maximum Gasteiger partial charge on any atom is 0.272 e. The lowest BCUT2D eigenvalue weighted by Crippen LogP contribution is -2.31. The smallest absolute Gasteiger partial charge is 0.272 e. The number of rotatable bonds is 3. The fourth-order valence-corrected chi connectivity index (χ4v) is 3.08. The normalized spacial score (nSPS) is 16.7. The molecule has 4 nitrogen and oxygen atoms in total. The van der Waals surface area contributed by atoms with E-state index in [1.165, 1.54) is 24.3 Å². The quantitative estimate of drug-likeness (QED) is 0.855. The first-order chi connectivity index (χ1) is 8.27. The molecule has 0 radical (unpaired) electrons. The van der Waals surface area contributed by atoms with Gasteiger partial charge in [0.2, 0.25) is 0 Å². The molecule has 1 aromatic heterocycles. The number of thioether (sulfide) groups is 1. The van der Waals surface area contributed by atoms with Gasteiger partial charge in [-0.25, -0.2) is 4.98 Å². The molecule has 5 heteroatoms. The van der Waals surface area contributed by atoms with Gasteiger partial charge in [0.25, 0.3) is 5.91 Å². The van der Waals surface area contributed by atoms with Gasteiger partial charge in [0, 0.05) is 12.7 Å². The molecule has 92 valence electrons. The third-order valence-corrected chi connectivity index (χ3v) is 3.99. The summed E-state index contributed by atoms with van der Waals surface area (Å²) in [5, 5.41) is 2.92. The number of nitrogens with one attached hydrogen (secondary N) is 1. The summed E-state index contributed by atoms with van der Waals surface area (Å²) in [4.78, 5) is 15.9. The minimum atomic E-state index is -0.165. The van der Waals surface area contributed by atoms with Crippen LogP contribution < -0.4 is 11.1 Å². The van der Waals surface area contributed by atoms with Crippen molar-refractivity contribution in [2.24, 2.45) is 5.92 Å². The first-order valence-corrected chi connectivity index (χ1v) is 6.99. The lowest BCUT2D eigenvalue weighted by Gasteiger charge is -2.21. The minimum absolute atomic E-state index is 0.165. The average Bonchev–Trinajstić information content (AvgIpc) is 2.38. The van der Waals surface area contributed by atoms with Crippen molar-refractivity contribution < 1.29 is 4.79 Å². The van der Waals surface area contributed by atoms with Crippen molar-refractivity contribution in [3.05, 3.63) is 24.0 Å². The van der Waals surface area contributed by atoms with Crippen LogP contribution in [0.2, 0.25) is 0 Å². The van der Waals surface area contributed by atoms with Gasteiger partial charge in [-0.2, -0.15) is 11.8 Å². The van der Waals surface area contributed by atoms with E-state index in [0.717, 1.165) is 6.54 Å². The van der Waals surface area contributed by atoms with Crippen LogP contribution in [0.3, 0.4) is 0 Å². The standard InChI is InChI=1S/C12H17N3OS/c13-10-2-1-5-14-11(10)12(16)15-8-9-3-6-17-7-4-9/h1-2,5,9H,3-4,6-8,13H2,(H,15,16). The van der Waals surface area contributed by atoms with Crippen molar-refractivity contribution >= 4 is 23.4 Å². The summed E-state index contributed by atoms with van der Waals surface area (Å²) in [6.45, 7) is 0.732. The summed E-state index contributed by atoms with van der Waals surface area (Å²) in [6.07, 6.45) is 3.95. The maximum absolute atomic E-state index is 11.8. The molecule has 0 atom stereocenters.